The molecule has 0 bridgehead atoms. The zero-order chi connectivity index (χ0) is 22.1. The van der Waals surface area contributed by atoms with E-state index in [-0.39, 0.29) is 29.4 Å². The molecule has 3 rings (SSSR count). The van der Waals surface area contributed by atoms with Crippen molar-refractivity contribution < 1.29 is 33.4 Å². The number of amides is 2. The Labute approximate surface area is 174 Å². The van der Waals surface area contributed by atoms with Gasteiger partial charge in [-0.3, -0.25) is 4.79 Å². The molecule has 0 aromatic heterocycles. The van der Waals surface area contributed by atoms with Crippen molar-refractivity contribution in [3.05, 3.63) is 29.6 Å². The van der Waals surface area contributed by atoms with Crippen LogP contribution in [0.1, 0.15) is 50.4 Å². The lowest BCUT2D eigenvalue weighted by Crippen LogP contribution is -2.49. The van der Waals surface area contributed by atoms with Crippen molar-refractivity contribution in [2.75, 3.05) is 19.6 Å². The zero-order valence-electron chi connectivity index (χ0n) is 17.4. The second kappa shape index (κ2) is 8.49. The topological polar surface area (TPSA) is 96.4 Å². The number of hydrogen-bond donors (Lipinski definition) is 1. The smallest absolute Gasteiger partial charge is 0.410 e. The Kier molecular flexibility index (Phi) is 6.19. The molecule has 1 aromatic carbocycles. The molecule has 1 atom stereocenters. The van der Waals surface area contributed by atoms with Crippen LogP contribution in [0.5, 0.6) is 5.75 Å². The number of aromatic carboxylic acids is 1. The van der Waals surface area contributed by atoms with Crippen molar-refractivity contribution in [1.82, 2.24) is 9.80 Å². The van der Waals surface area contributed by atoms with Crippen LogP contribution in [0.4, 0.5) is 9.18 Å². The number of carboxylic acid groups (broad SMARTS) is 1. The van der Waals surface area contributed by atoms with Gasteiger partial charge in [-0.1, -0.05) is 0 Å². The van der Waals surface area contributed by atoms with Crippen LogP contribution in [0, 0.1) is 5.82 Å². The predicted octanol–water partition coefficient (Wildman–Crippen LogP) is 2.90. The summed E-state index contributed by atoms with van der Waals surface area (Å²) < 4.78 is 25.1. The molecule has 9 heteroatoms. The Bertz CT molecular complexity index is 829. The summed E-state index contributed by atoms with van der Waals surface area (Å²) in [7, 11) is 0. The van der Waals surface area contributed by atoms with Gasteiger partial charge in [0, 0.05) is 32.1 Å². The molecular formula is C21H27FN2O6. The molecule has 0 saturated carbocycles. The summed E-state index contributed by atoms with van der Waals surface area (Å²) in [6, 6.07) is 3.34. The number of carboxylic acids is 1. The van der Waals surface area contributed by atoms with Crippen LogP contribution >= 0.6 is 0 Å². The van der Waals surface area contributed by atoms with Crippen LogP contribution in [0.2, 0.25) is 0 Å². The average Bonchev–Trinajstić information content (AvgIpc) is 3.02. The number of benzene rings is 1. The number of piperidine rings is 1. The largest absolute Gasteiger partial charge is 0.478 e. The minimum atomic E-state index is -1.23. The summed E-state index contributed by atoms with van der Waals surface area (Å²) in [5.74, 6) is -2.40. The van der Waals surface area contributed by atoms with Gasteiger partial charge >= 0.3 is 12.1 Å². The maximum atomic E-state index is 14.1. The lowest BCUT2D eigenvalue weighted by molar-refractivity contribution is -0.136. The number of ether oxygens (including phenoxy) is 2. The number of halogens is 1. The molecule has 0 spiro atoms. The molecule has 1 N–H and O–H groups in total. The molecule has 0 aliphatic carbocycles. The molecule has 2 aliphatic heterocycles. The third-order valence-corrected chi connectivity index (χ3v) is 5.20. The van der Waals surface area contributed by atoms with E-state index in [1.54, 1.807) is 9.80 Å². The molecule has 30 heavy (non-hydrogen) atoms. The fraction of sp³-hybridized carbons (Fsp3) is 0.571. The monoisotopic (exact) mass is 422 g/mol. The number of hydrogen-bond acceptors (Lipinski definition) is 5. The Morgan fingerprint density at radius 3 is 2.37 bits per heavy atom. The Morgan fingerprint density at radius 2 is 1.80 bits per heavy atom. The molecule has 2 saturated heterocycles. The van der Waals surface area contributed by atoms with Crippen LogP contribution in [0.3, 0.4) is 0 Å². The SMILES string of the molecule is CC(C)(C)OC(=O)N1CCC(N2CCC(Oc3ccc(C(=O)O)cc3F)C2=O)CC1. The van der Waals surface area contributed by atoms with Gasteiger partial charge in [-0.15, -0.1) is 0 Å². The van der Waals surface area contributed by atoms with E-state index in [2.05, 4.69) is 0 Å². The summed E-state index contributed by atoms with van der Waals surface area (Å²) in [5.41, 5.74) is -0.738. The highest BCUT2D eigenvalue weighted by Crippen LogP contribution is 2.27. The average molecular weight is 422 g/mol. The van der Waals surface area contributed by atoms with Gasteiger partial charge in [0.25, 0.3) is 5.91 Å². The van der Waals surface area contributed by atoms with Crippen molar-refractivity contribution in [3.63, 3.8) is 0 Å². The Hall–Kier alpha value is -2.84. The highest BCUT2D eigenvalue weighted by atomic mass is 19.1. The molecular weight excluding hydrogens is 395 g/mol. The molecule has 2 heterocycles. The van der Waals surface area contributed by atoms with Crippen molar-refractivity contribution >= 4 is 18.0 Å². The van der Waals surface area contributed by atoms with E-state index >= 15 is 0 Å². The van der Waals surface area contributed by atoms with E-state index in [1.807, 2.05) is 20.8 Å². The quantitative estimate of drug-likeness (QED) is 0.802. The van der Waals surface area contributed by atoms with Gasteiger partial charge < -0.3 is 24.4 Å². The minimum Gasteiger partial charge on any atom is -0.478 e. The van der Waals surface area contributed by atoms with Crippen LogP contribution < -0.4 is 4.74 Å². The third kappa shape index (κ3) is 5.01. The Balaban J connectivity index is 1.55. The van der Waals surface area contributed by atoms with Gasteiger partial charge in [-0.05, 0) is 51.8 Å². The van der Waals surface area contributed by atoms with E-state index in [0.717, 1.165) is 6.07 Å². The molecule has 2 amide bonds. The van der Waals surface area contributed by atoms with Gasteiger partial charge in [-0.2, -0.15) is 0 Å². The van der Waals surface area contributed by atoms with Crippen LogP contribution in [-0.4, -0.2) is 70.3 Å². The summed E-state index contributed by atoms with van der Waals surface area (Å²) in [6.45, 7) is 6.95. The van der Waals surface area contributed by atoms with E-state index in [1.165, 1.54) is 12.1 Å². The molecule has 1 aromatic rings. The number of carbonyl (C=O) groups is 3. The van der Waals surface area contributed by atoms with E-state index in [9.17, 15) is 18.8 Å². The lowest BCUT2D eigenvalue weighted by Gasteiger charge is -2.37. The van der Waals surface area contributed by atoms with Crippen molar-refractivity contribution in [2.45, 2.75) is 57.8 Å². The first kappa shape index (κ1) is 21.9. The number of likely N-dealkylation sites (tertiary alicyclic amines) is 2. The maximum absolute atomic E-state index is 14.1. The number of rotatable bonds is 4. The molecule has 2 fully saturated rings. The Morgan fingerprint density at radius 1 is 1.13 bits per heavy atom. The fourth-order valence-electron chi connectivity index (χ4n) is 3.72. The van der Waals surface area contributed by atoms with Gasteiger partial charge in [0.1, 0.15) is 5.60 Å². The van der Waals surface area contributed by atoms with Gasteiger partial charge in [0.15, 0.2) is 17.7 Å². The first-order chi connectivity index (χ1) is 14.0. The van der Waals surface area contributed by atoms with Gasteiger partial charge in [-0.25, -0.2) is 14.0 Å². The summed E-state index contributed by atoms with van der Waals surface area (Å²) in [6.07, 6.45) is 0.540. The first-order valence-corrected chi connectivity index (χ1v) is 10.0. The fourth-order valence-corrected chi connectivity index (χ4v) is 3.72. The normalized spacial score (nSPS) is 20.4. The molecule has 2 aliphatic rings. The van der Waals surface area contributed by atoms with Gasteiger partial charge in [0.05, 0.1) is 5.56 Å². The second-order valence-corrected chi connectivity index (χ2v) is 8.58. The number of carbonyl (C=O) groups excluding carboxylic acids is 2. The third-order valence-electron chi connectivity index (χ3n) is 5.20. The summed E-state index contributed by atoms with van der Waals surface area (Å²) in [5, 5.41) is 8.91. The zero-order valence-corrected chi connectivity index (χ0v) is 17.4. The predicted molar refractivity (Wildman–Crippen MR) is 105 cm³/mol. The second-order valence-electron chi connectivity index (χ2n) is 8.58. The highest BCUT2D eigenvalue weighted by Gasteiger charge is 2.39. The van der Waals surface area contributed by atoms with E-state index in [0.29, 0.717) is 38.9 Å². The summed E-state index contributed by atoms with van der Waals surface area (Å²) >= 11 is 0. The van der Waals surface area contributed by atoms with Crippen LogP contribution in [0.15, 0.2) is 18.2 Å². The van der Waals surface area contributed by atoms with Crippen molar-refractivity contribution in [2.24, 2.45) is 0 Å². The lowest BCUT2D eigenvalue weighted by atomic mass is 10.0. The van der Waals surface area contributed by atoms with Gasteiger partial charge in [0.2, 0.25) is 0 Å². The van der Waals surface area contributed by atoms with Crippen molar-refractivity contribution in [3.8, 4) is 5.75 Å². The maximum Gasteiger partial charge on any atom is 0.410 e. The van der Waals surface area contributed by atoms with Crippen molar-refractivity contribution in [1.29, 1.82) is 0 Å². The molecule has 0 radical (unpaired) electrons. The number of nitrogens with zero attached hydrogens (tertiary/aromatic N) is 2. The van der Waals surface area contributed by atoms with Crippen LogP contribution in [0.25, 0.3) is 0 Å². The standard InChI is InChI=1S/C21H27FN2O6/c1-21(2,3)30-20(28)23-9-6-14(7-10-23)24-11-8-17(18(24)25)29-16-5-4-13(19(26)27)12-15(16)22/h4-5,12,14,17H,6-11H2,1-3H3,(H,26,27). The van der Waals surface area contributed by atoms with E-state index < -0.39 is 23.5 Å². The molecule has 164 valence electrons. The van der Waals surface area contributed by atoms with Crippen LogP contribution in [-0.2, 0) is 9.53 Å². The first-order valence-electron chi connectivity index (χ1n) is 10.0. The summed E-state index contributed by atoms with van der Waals surface area (Å²) in [4.78, 5) is 39.3. The molecule has 8 nitrogen and oxygen atoms in total. The van der Waals surface area contributed by atoms with E-state index in [4.69, 9.17) is 14.6 Å². The molecule has 1 unspecified atom stereocenters. The highest BCUT2D eigenvalue weighted by molar-refractivity contribution is 5.88. The minimum absolute atomic E-state index is 0.0102.